The zero-order valence-electron chi connectivity index (χ0n) is 11.8. The molecule has 108 valence electrons. The van der Waals surface area contributed by atoms with Crippen molar-refractivity contribution in [2.24, 2.45) is 0 Å². The minimum Gasteiger partial charge on any atom is -0.359 e. The molecule has 2 N–H and O–H groups in total. The van der Waals surface area contributed by atoms with Gasteiger partial charge in [-0.3, -0.25) is 9.59 Å². The van der Waals surface area contributed by atoms with E-state index in [1.54, 1.807) is 0 Å². The van der Waals surface area contributed by atoms with Crippen LogP contribution in [-0.2, 0) is 28.9 Å². The maximum absolute atomic E-state index is 11.8. The average molecular weight is 274 g/mol. The Balaban J connectivity index is 1.77. The summed E-state index contributed by atoms with van der Waals surface area (Å²) in [4.78, 5) is 21.9. The maximum atomic E-state index is 11.8. The van der Waals surface area contributed by atoms with Crippen LogP contribution in [0.2, 0.25) is 0 Å². The van der Waals surface area contributed by atoms with E-state index in [1.807, 2.05) is 0 Å². The van der Waals surface area contributed by atoms with Crippen LogP contribution < -0.4 is 10.6 Å². The van der Waals surface area contributed by atoms with E-state index >= 15 is 0 Å². The first-order valence-electron chi connectivity index (χ1n) is 7.34. The van der Waals surface area contributed by atoms with E-state index in [4.69, 9.17) is 0 Å². The van der Waals surface area contributed by atoms with E-state index in [2.05, 4.69) is 28.8 Å². The Kier molecular flexibility index (Phi) is 5.59. The molecule has 4 nitrogen and oxygen atoms in total. The molecule has 1 aromatic rings. The van der Waals surface area contributed by atoms with E-state index in [0.717, 1.165) is 18.4 Å². The fraction of sp³-hybridized carbons (Fsp3) is 0.500. The molecular weight excluding hydrogens is 252 g/mol. The van der Waals surface area contributed by atoms with E-state index in [0.29, 0.717) is 25.9 Å². The van der Waals surface area contributed by atoms with Gasteiger partial charge in [0.2, 0.25) is 12.3 Å². The molecule has 20 heavy (non-hydrogen) atoms. The lowest BCUT2D eigenvalue weighted by molar-refractivity contribution is -0.120. The highest BCUT2D eigenvalue weighted by atomic mass is 16.1. The third kappa shape index (κ3) is 4.37. The summed E-state index contributed by atoms with van der Waals surface area (Å²) in [5, 5.41) is 5.45. The molecule has 1 aliphatic rings. The number of fused-ring (bicyclic) bond motifs is 1. The van der Waals surface area contributed by atoms with Crippen molar-refractivity contribution in [3.8, 4) is 0 Å². The van der Waals surface area contributed by atoms with Gasteiger partial charge in [0.05, 0.1) is 6.42 Å². The van der Waals surface area contributed by atoms with Crippen molar-refractivity contribution < 1.29 is 9.59 Å². The summed E-state index contributed by atoms with van der Waals surface area (Å²) in [6.07, 6.45) is 6.72. The quantitative estimate of drug-likeness (QED) is 0.582. The van der Waals surface area contributed by atoms with Crippen molar-refractivity contribution in [1.29, 1.82) is 0 Å². The van der Waals surface area contributed by atoms with Gasteiger partial charge in [0.15, 0.2) is 0 Å². The average Bonchev–Trinajstić information content (AvgIpc) is 2.47. The molecule has 2 rings (SSSR count). The molecule has 1 aromatic carbocycles. The Morgan fingerprint density at radius 3 is 2.75 bits per heavy atom. The number of aryl methyl sites for hydroxylation is 2. The highest BCUT2D eigenvalue weighted by Crippen LogP contribution is 2.22. The van der Waals surface area contributed by atoms with Crippen LogP contribution in [0.3, 0.4) is 0 Å². The number of carbonyl (C=O) groups is 2. The second-order valence-corrected chi connectivity index (χ2v) is 5.26. The van der Waals surface area contributed by atoms with Gasteiger partial charge >= 0.3 is 0 Å². The number of rotatable bonds is 7. The Morgan fingerprint density at radius 2 is 1.95 bits per heavy atom. The van der Waals surface area contributed by atoms with Gasteiger partial charge in [0, 0.05) is 13.1 Å². The highest BCUT2D eigenvalue weighted by Gasteiger charge is 2.10. The van der Waals surface area contributed by atoms with Crippen molar-refractivity contribution in [3.63, 3.8) is 0 Å². The summed E-state index contributed by atoms with van der Waals surface area (Å²) in [7, 11) is 0. The number of carbonyl (C=O) groups excluding carboxylic acids is 2. The smallest absolute Gasteiger partial charge is 0.224 e. The van der Waals surface area contributed by atoms with Crippen LogP contribution in [0.1, 0.15) is 36.0 Å². The summed E-state index contributed by atoms with van der Waals surface area (Å²) in [5.41, 5.74) is 3.95. The van der Waals surface area contributed by atoms with Gasteiger partial charge in [-0.05, 0) is 48.8 Å². The Morgan fingerprint density at radius 1 is 1.15 bits per heavy atom. The molecule has 0 aliphatic heterocycles. The number of hydrogen-bond acceptors (Lipinski definition) is 2. The van der Waals surface area contributed by atoms with E-state index in [9.17, 15) is 9.59 Å². The minimum atomic E-state index is 0.0480. The molecule has 4 heteroatoms. The number of amides is 2. The molecule has 0 aromatic heterocycles. The lowest BCUT2D eigenvalue weighted by Crippen LogP contribution is -2.28. The third-order valence-electron chi connectivity index (χ3n) is 3.68. The standard InChI is InChI=1S/C16H22N2O2/c19-12-17-8-3-9-18-16(20)11-13-6-7-14-4-1-2-5-15(14)10-13/h6-7,10,12H,1-5,8-9,11H2,(H,17,19)(H,18,20). The predicted molar refractivity (Wildman–Crippen MR) is 78.5 cm³/mol. The fourth-order valence-electron chi connectivity index (χ4n) is 2.62. The molecule has 1 aliphatic carbocycles. The first-order valence-corrected chi connectivity index (χ1v) is 7.34. The molecule has 0 fully saturated rings. The van der Waals surface area contributed by atoms with Crippen LogP contribution in [0, 0.1) is 0 Å². The summed E-state index contributed by atoms with van der Waals surface area (Å²) >= 11 is 0. The van der Waals surface area contributed by atoms with Crippen LogP contribution >= 0.6 is 0 Å². The van der Waals surface area contributed by atoms with Crippen molar-refractivity contribution in [3.05, 3.63) is 34.9 Å². The van der Waals surface area contributed by atoms with Gasteiger partial charge in [0.1, 0.15) is 0 Å². The minimum absolute atomic E-state index is 0.0480. The number of hydrogen-bond donors (Lipinski definition) is 2. The Labute approximate surface area is 119 Å². The summed E-state index contributed by atoms with van der Waals surface area (Å²) in [5.74, 6) is 0.0480. The molecule has 2 amide bonds. The molecule has 0 heterocycles. The Bertz CT molecular complexity index is 472. The molecule has 0 bridgehead atoms. The molecule has 0 saturated heterocycles. The van der Waals surface area contributed by atoms with Crippen molar-refractivity contribution in [1.82, 2.24) is 10.6 Å². The molecule has 0 radical (unpaired) electrons. The van der Waals surface area contributed by atoms with E-state index in [-0.39, 0.29) is 5.91 Å². The highest BCUT2D eigenvalue weighted by molar-refractivity contribution is 5.78. The van der Waals surface area contributed by atoms with Crippen LogP contribution in [0.5, 0.6) is 0 Å². The van der Waals surface area contributed by atoms with Crippen molar-refractivity contribution >= 4 is 12.3 Å². The molecule has 0 spiro atoms. The fourth-order valence-corrected chi connectivity index (χ4v) is 2.62. The predicted octanol–water partition coefficient (Wildman–Crippen LogP) is 1.36. The van der Waals surface area contributed by atoms with Crippen LogP contribution in [0.4, 0.5) is 0 Å². The van der Waals surface area contributed by atoms with Crippen LogP contribution in [0.15, 0.2) is 18.2 Å². The zero-order valence-corrected chi connectivity index (χ0v) is 11.8. The van der Waals surface area contributed by atoms with Crippen LogP contribution in [0.25, 0.3) is 0 Å². The first kappa shape index (κ1) is 14.6. The normalized spacial score (nSPS) is 13.4. The largest absolute Gasteiger partial charge is 0.359 e. The van der Waals surface area contributed by atoms with Crippen LogP contribution in [-0.4, -0.2) is 25.4 Å². The second-order valence-electron chi connectivity index (χ2n) is 5.26. The lowest BCUT2D eigenvalue weighted by Gasteiger charge is -2.16. The van der Waals surface area contributed by atoms with Gasteiger partial charge in [0.25, 0.3) is 0 Å². The SMILES string of the molecule is O=CNCCCNC(=O)Cc1ccc2c(c1)CCCC2. The molecule has 0 saturated carbocycles. The number of benzene rings is 1. The van der Waals surface area contributed by atoms with Crippen molar-refractivity contribution in [2.75, 3.05) is 13.1 Å². The van der Waals surface area contributed by atoms with E-state index in [1.165, 1.54) is 30.4 Å². The third-order valence-corrected chi connectivity index (χ3v) is 3.68. The second kappa shape index (κ2) is 7.68. The maximum Gasteiger partial charge on any atom is 0.224 e. The zero-order chi connectivity index (χ0) is 14.2. The molecular formula is C16H22N2O2. The van der Waals surface area contributed by atoms with Gasteiger partial charge in [-0.15, -0.1) is 0 Å². The van der Waals surface area contributed by atoms with Gasteiger partial charge in [-0.2, -0.15) is 0 Å². The van der Waals surface area contributed by atoms with Gasteiger partial charge in [-0.1, -0.05) is 18.2 Å². The topological polar surface area (TPSA) is 58.2 Å². The molecule has 0 unspecified atom stereocenters. The number of nitrogens with one attached hydrogen (secondary N) is 2. The van der Waals surface area contributed by atoms with E-state index < -0.39 is 0 Å². The monoisotopic (exact) mass is 274 g/mol. The first-order chi connectivity index (χ1) is 9.79. The molecule has 0 atom stereocenters. The van der Waals surface area contributed by atoms with Gasteiger partial charge in [-0.25, -0.2) is 0 Å². The lowest BCUT2D eigenvalue weighted by atomic mass is 9.90. The Hall–Kier alpha value is -1.84. The van der Waals surface area contributed by atoms with Crippen molar-refractivity contribution in [2.45, 2.75) is 38.5 Å². The summed E-state index contributed by atoms with van der Waals surface area (Å²) in [6.45, 7) is 1.20. The summed E-state index contributed by atoms with van der Waals surface area (Å²) in [6, 6.07) is 6.42. The summed E-state index contributed by atoms with van der Waals surface area (Å²) < 4.78 is 0. The van der Waals surface area contributed by atoms with Gasteiger partial charge < -0.3 is 10.6 Å².